The second kappa shape index (κ2) is 6.17. The van der Waals surface area contributed by atoms with E-state index >= 15 is 0 Å². The molecule has 120 valence electrons. The normalized spacial score (nSPS) is 11.0. The van der Waals surface area contributed by atoms with Crippen LogP contribution in [0.3, 0.4) is 0 Å². The zero-order valence-corrected chi connectivity index (χ0v) is 13.2. The molecule has 0 aliphatic heterocycles. The van der Waals surface area contributed by atoms with Crippen LogP contribution in [0.1, 0.15) is 5.82 Å². The number of benzene rings is 2. The average Bonchev–Trinajstić information content (AvgIpc) is 3.25. The van der Waals surface area contributed by atoms with Crippen molar-refractivity contribution in [3.63, 3.8) is 0 Å². The van der Waals surface area contributed by atoms with Crippen LogP contribution < -0.4 is 10.1 Å². The second-order valence-corrected chi connectivity index (χ2v) is 5.49. The molecule has 0 aliphatic carbocycles. The molecular formula is C18H17N5O. The van der Waals surface area contributed by atoms with Crippen LogP contribution in [0.4, 0.5) is 0 Å². The molecule has 0 amide bonds. The van der Waals surface area contributed by atoms with Crippen molar-refractivity contribution in [1.29, 1.82) is 0 Å². The first kappa shape index (κ1) is 14.5. The summed E-state index contributed by atoms with van der Waals surface area (Å²) in [4.78, 5) is 7.79. The standard InChI is InChI=1S/C18H17N5O/c1-19-11-18-21-16-7-6-14(10-17(16)22-18)24-13-4-2-12(3-5-13)15-8-9-20-23-15/h2-10,19H,11H2,1H3,(H,20,23)(H,21,22). The molecule has 24 heavy (non-hydrogen) atoms. The molecule has 4 aromatic rings. The van der Waals surface area contributed by atoms with Crippen LogP contribution in [-0.2, 0) is 6.54 Å². The predicted molar refractivity (Wildman–Crippen MR) is 93.0 cm³/mol. The molecule has 6 heteroatoms. The van der Waals surface area contributed by atoms with Gasteiger partial charge in [-0.25, -0.2) is 4.98 Å². The van der Waals surface area contributed by atoms with Crippen molar-refractivity contribution in [2.75, 3.05) is 7.05 Å². The Bertz CT molecular complexity index is 941. The molecular weight excluding hydrogens is 302 g/mol. The van der Waals surface area contributed by atoms with Crippen LogP contribution in [0.15, 0.2) is 54.7 Å². The van der Waals surface area contributed by atoms with Crippen molar-refractivity contribution in [2.45, 2.75) is 6.54 Å². The Hall–Kier alpha value is -3.12. The largest absolute Gasteiger partial charge is 0.457 e. The predicted octanol–water partition coefficient (Wildman–Crippen LogP) is 3.46. The molecule has 0 spiro atoms. The summed E-state index contributed by atoms with van der Waals surface area (Å²) in [5, 5.41) is 10.00. The van der Waals surface area contributed by atoms with Gasteiger partial charge in [-0.15, -0.1) is 0 Å². The Morgan fingerprint density at radius 3 is 2.62 bits per heavy atom. The molecule has 0 radical (unpaired) electrons. The maximum Gasteiger partial charge on any atom is 0.129 e. The quantitative estimate of drug-likeness (QED) is 0.526. The highest BCUT2D eigenvalue weighted by molar-refractivity contribution is 5.77. The third-order valence-corrected chi connectivity index (χ3v) is 3.75. The summed E-state index contributed by atoms with van der Waals surface area (Å²) >= 11 is 0. The van der Waals surface area contributed by atoms with Gasteiger partial charge in [0, 0.05) is 12.3 Å². The van der Waals surface area contributed by atoms with Crippen molar-refractivity contribution in [2.24, 2.45) is 0 Å². The van der Waals surface area contributed by atoms with Gasteiger partial charge in [0.05, 0.1) is 23.3 Å². The van der Waals surface area contributed by atoms with Crippen LogP contribution in [-0.4, -0.2) is 27.2 Å². The first-order chi connectivity index (χ1) is 11.8. The Labute approximate surface area is 138 Å². The zero-order valence-electron chi connectivity index (χ0n) is 13.2. The van der Waals surface area contributed by atoms with Crippen molar-refractivity contribution in [3.05, 3.63) is 60.6 Å². The van der Waals surface area contributed by atoms with E-state index in [4.69, 9.17) is 4.74 Å². The summed E-state index contributed by atoms with van der Waals surface area (Å²) in [6, 6.07) is 15.7. The van der Waals surface area contributed by atoms with Crippen LogP contribution in [0.5, 0.6) is 11.5 Å². The topological polar surface area (TPSA) is 78.6 Å². The van der Waals surface area contributed by atoms with Gasteiger partial charge in [0.15, 0.2) is 0 Å². The van der Waals surface area contributed by atoms with Gasteiger partial charge >= 0.3 is 0 Å². The molecule has 0 aliphatic rings. The summed E-state index contributed by atoms with van der Waals surface area (Å²) in [6.45, 7) is 0.708. The van der Waals surface area contributed by atoms with Crippen LogP contribution in [0.25, 0.3) is 22.3 Å². The van der Waals surface area contributed by atoms with E-state index in [-0.39, 0.29) is 0 Å². The second-order valence-electron chi connectivity index (χ2n) is 5.49. The minimum Gasteiger partial charge on any atom is -0.457 e. The molecule has 0 saturated heterocycles. The molecule has 0 saturated carbocycles. The van der Waals surface area contributed by atoms with Crippen LogP contribution >= 0.6 is 0 Å². The first-order valence-corrected chi connectivity index (χ1v) is 7.73. The van der Waals surface area contributed by atoms with E-state index in [1.54, 1.807) is 6.20 Å². The fraction of sp³-hybridized carbons (Fsp3) is 0.111. The van der Waals surface area contributed by atoms with E-state index in [0.717, 1.165) is 39.6 Å². The molecule has 0 unspecified atom stereocenters. The smallest absolute Gasteiger partial charge is 0.129 e. The van der Waals surface area contributed by atoms with E-state index in [9.17, 15) is 0 Å². The number of fused-ring (bicyclic) bond motifs is 1. The van der Waals surface area contributed by atoms with E-state index < -0.39 is 0 Å². The molecule has 2 heterocycles. The molecule has 0 fully saturated rings. The number of rotatable bonds is 5. The minimum absolute atomic E-state index is 0.708. The Kier molecular flexibility index (Phi) is 3.72. The summed E-state index contributed by atoms with van der Waals surface area (Å²) < 4.78 is 5.94. The number of imidazole rings is 1. The summed E-state index contributed by atoms with van der Waals surface area (Å²) in [6.07, 6.45) is 1.74. The zero-order chi connectivity index (χ0) is 16.4. The van der Waals surface area contributed by atoms with Gasteiger partial charge in [0.1, 0.15) is 17.3 Å². The Morgan fingerprint density at radius 2 is 1.88 bits per heavy atom. The maximum absolute atomic E-state index is 5.94. The highest BCUT2D eigenvalue weighted by atomic mass is 16.5. The molecule has 0 bridgehead atoms. The van der Waals surface area contributed by atoms with Gasteiger partial charge in [-0.05, 0) is 55.1 Å². The number of ether oxygens (including phenoxy) is 1. The number of aromatic amines is 2. The number of aromatic nitrogens is 4. The summed E-state index contributed by atoms with van der Waals surface area (Å²) in [7, 11) is 1.90. The number of nitrogens with one attached hydrogen (secondary N) is 3. The lowest BCUT2D eigenvalue weighted by atomic mass is 10.1. The Morgan fingerprint density at radius 1 is 1.04 bits per heavy atom. The van der Waals surface area contributed by atoms with Gasteiger partial charge in [-0.2, -0.15) is 5.10 Å². The fourth-order valence-corrected chi connectivity index (χ4v) is 2.61. The van der Waals surface area contributed by atoms with E-state index in [1.165, 1.54) is 0 Å². The number of nitrogens with zero attached hydrogens (tertiary/aromatic N) is 2. The molecule has 2 aromatic carbocycles. The minimum atomic E-state index is 0.708. The van der Waals surface area contributed by atoms with Crippen LogP contribution in [0.2, 0.25) is 0 Å². The fourth-order valence-electron chi connectivity index (χ4n) is 2.61. The third-order valence-electron chi connectivity index (χ3n) is 3.75. The van der Waals surface area contributed by atoms with Gasteiger partial charge in [0.2, 0.25) is 0 Å². The highest BCUT2D eigenvalue weighted by Crippen LogP contribution is 2.26. The van der Waals surface area contributed by atoms with Gasteiger partial charge in [-0.1, -0.05) is 0 Å². The first-order valence-electron chi connectivity index (χ1n) is 7.73. The van der Waals surface area contributed by atoms with Gasteiger partial charge in [-0.3, -0.25) is 5.10 Å². The number of hydrogen-bond acceptors (Lipinski definition) is 4. The highest BCUT2D eigenvalue weighted by Gasteiger charge is 2.05. The molecule has 6 nitrogen and oxygen atoms in total. The molecule has 4 rings (SSSR count). The van der Waals surface area contributed by atoms with Crippen molar-refractivity contribution < 1.29 is 4.74 Å². The van der Waals surface area contributed by atoms with Gasteiger partial charge < -0.3 is 15.0 Å². The van der Waals surface area contributed by atoms with Gasteiger partial charge in [0.25, 0.3) is 0 Å². The van der Waals surface area contributed by atoms with Crippen molar-refractivity contribution >= 4 is 11.0 Å². The van der Waals surface area contributed by atoms with E-state index in [1.807, 2.05) is 55.6 Å². The average molecular weight is 319 g/mol. The molecule has 3 N–H and O–H groups in total. The summed E-state index contributed by atoms with van der Waals surface area (Å²) in [5.74, 6) is 2.47. The molecule has 0 atom stereocenters. The van der Waals surface area contributed by atoms with E-state index in [2.05, 4.69) is 25.5 Å². The number of hydrogen-bond donors (Lipinski definition) is 3. The molecule has 2 aromatic heterocycles. The SMILES string of the molecule is CNCc1nc2ccc(Oc3ccc(-c4ccn[nH]4)cc3)cc2[nH]1. The maximum atomic E-state index is 5.94. The van der Waals surface area contributed by atoms with E-state index in [0.29, 0.717) is 6.54 Å². The number of H-pyrrole nitrogens is 2. The summed E-state index contributed by atoms with van der Waals surface area (Å²) in [5.41, 5.74) is 3.95. The van der Waals surface area contributed by atoms with Crippen LogP contribution in [0, 0.1) is 0 Å². The van der Waals surface area contributed by atoms with Crippen molar-refractivity contribution in [1.82, 2.24) is 25.5 Å². The third kappa shape index (κ3) is 2.87. The van der Waals surface area contributed by atoms with Crippen molar-refractivity contribution in [3.8, 4) is 22.8 Å². The Balaban J connectivity index is 1.55. The lowest BCUT2D eigenvalue weighted by molar-refractivity contribution is 0.483. The lowest BCUT2D eigenvalue weighted by Gasteiger charge is -2.06. The monoisotopic (exact) mass is 319 g/mol. The lowest BCUT2D eigenvalue weighted by Crippen LogP contribution is -2.06.